The van der Waals surface area contributed by atoms with Gasteiger partial charge in [-0.05, 0) is 19.8 Å². The first-order valence-electron chi connectivity index (χ1n) is 9.68. The molecule has 152 valence electrons. The second-order valence-electron chi connectivity index (χ2n) is 7.07. The molecule has 2 N–H and O–H groups in total. The van der Waals surface area contributed by atoms with E-state index in [4.69, 9.17) is 4.74 Å². The summed E-state index contributed by atoms with van der Waals surface area (Å²) >= 11 is 0. The van der Waals surface area contributed by atoms with E-state index in [0.29, 0.717) is 25.3 Å². The maximum Gasteiger partial charge on any atom is 0.254 e. The lowest BCUT2D eigenvalue weighted by Gasteiger charge is -2.25. The summed E-state index contributed by atoms with van der Waals surface area (Å²) in [6.45, 7) is 4.38. The summed E-state index contributed by atoms with van der Waals surface area (Å²) in [4.78, 5) is 30.5. The molecule has 0 saturated carbocycles. The van der Waals surface area contributed by atoms with Crippen LogP contribution in [0.4, 0.5) is 5.69 Å². The van der Waals surface area contributed by atoms with Crippen molar-refractivity contribution < 1.29 is 14.3 Å². The first-order valence-corrected chi connectivity index (χ1v) is 9.68. The summed E-state index contributed by atoms with van der Waals surface area (Å²) < 4.78 is 7.24. The van der Waals surface area contributed by atoms with Crippen molar-refractivity contribution >= 4 is 28.5 Å². The molecule has 0 bridgehead atoms. The number of hydrogen-bond donors (Lipinski definition) is 2. The Morgan fingerprint density at radius 3 is 2.71 bits per heavy atom. The van der Waals surface area contributed by atoms with E-state index >= 15 is 0 Å². The zero-order valence-electron chi connectivity index (χ0n) is 16.7. The minimum Gasteiger partial charge on any atom is -0.381 e. The molecule has 1 aliphatic rings. The third-order valence-electron chi connectivity index (χ3n) is 4.90. The van der Waals surface area contributed by atoms with Crippen molar-refractivity contribution in [3.8, 4) is 0 Å². The average Bonchev–Trinajstić information content (AvgIpc) is 3.12. The Morgan fingerprint density at radius 1 is 1.29 bits per heavy atom. The maximum absolute atomic E-state index is 12.8. The van der Waals surface area contributed by atoms with Crippen LogP contribution < -0.4 is 10.6 Å². The number of hydrogen-bond acceptors (Lipinski definition) is 6. The summed E-state index contributed by atoms with van der Waals surface area (Å²) in [5.41, 5.74) is 1.95. The standard InChI is InChI=1S/C19H28N6O3/c1-4-25-18-14(12-22-25)17(23-13-6-9-28-10-7-13)15(11-21-18)19(27)20-8-5-16(26)24(2)3/h11-13H,4-10H2,1-3H3,(H,20,27)(H,21,23). The maximum atomic E-state index is 12.8. The van der Waals surface area contributed by atoms with E-state index in [2.05, 4.69) is 20.7 Å². The zero-order chi connectivity index (χ0) is 20.1. The van der Waals surface area contributed by atoms with Crippen LogP contribution in [0.5, 0.6) is 0 Å². The number of carbonyl (C=O) groups excluding carboxylic acids is 2. The van der Waals surface area contributed by atoms with E-state index in [-0.39, 0.29) is 30.8 Å². The van der Waals surface area contributed by atoms with Crippen LogP contribution in [0, 0.1) is 0 Å². The lowest BCUT2D eigenvalue weighted by molar-refractivity contribution is -0.128. The highest BCUT2D eigenvalue weighted by Crippen LogP contribution is 2.28. The van der Waals surface area contributed by atoms with Crippen molar-refractivity contribution in [3.05, 3.63) is 18.0 Å². The van der Waals surface area contributed by atoms with Crippen molar-refractivity contribution in [2.24, 2.45) is 0 Å². The number of ether oxygens (including phenoxy) is 1. The molecule has 28 heavy (non-hydrogen) atoms. The molecule has 0 unspecified atom stereocenters. The summed E-state index contributed by atoms with van der Waals surface area (Å²) in [5, 5.41) is 11.6. The summed E-state index contributed by atoms with van der Waals surface area (Å²) in [6, 6.07) is 0.228. The van der Waals surface area contributed by atoms with Crippen molar-refractivity contribution in [2.75, 3.05) is 39.2 Å². The van der Waals surface area contributed by atoms with Gasteiger partial charge in [-0.25, -0.2) is 9.67 Å². The highest BCUT2D eigenvalue weighted by molar-refractivity contribution is 6.06. The van der Waals surface area contributed by atoms with Gasteiger partial charge in [0.25, 0.3) is 5.91 Å². The molecule has 0 aliphatic carbocycles. The van der Waals surface area contributed by atoms with Gasteiger partial charge < -0.3 is 20.3 Å². The fraction of sp³-hybridized carbons (Fsp3) is 0.579. The number of aromatic nitrogens is 3. The highest BCUT2D eigenvalue weighted by atomic mass is 16.5. The van der Waals surface area contributed by atoms with Crippen LogP contribution in [0.25, 0.3) is 11.0 Å². The van der Waals surface area contributed by atoms with Gasteiger partial charge in [-0.3, -0.25) is 9.59 Å². The number of amides is 2. The lowest BCUT2D eigenvalue weighted by atomic mass is 10.1. The molecule has 1 aliphatic heterocycles. The van der Waals surface area contributed by atoms with Gasteiger partial charge in [0.2, 0.25) is 5.91 Å². The van der Waals surface area contributed by atoms with Crippen molar-refractivity contribution in [1.29, 1.82) is 0 Å². The van der Waals surface area contributed by atoms with E-state index in [0.717, 1.165) is 29.6 Å². The number of nitrogens with one attached hydrogen (secondary N) is 2. The number of rotatable bonds is 7. The molecule has 3 heterocycles. The second kappa shape index (κ2) is 9.01. The average molecular weight is 388 g/mol. The van der Waals surface area contributed by atoms with Crippen molar-refractivity contribution in [3.63, 3.8) is 0 Å². The van der Waals surface area contributed by atoms with E-state index in [1.165, 1.54) is 4.90 Å². The van der Waals surface area contributed by atoms with E-state index in [1.807, 2.05) is 11.6 Å². The quantitative estimate of drug-likeness (QED) is 0.740. The smallest absolute Gasteiger partial charge is 0.254 e. The first kappa shape index (κ1) is 20.1. The van der Waals surface area contributed by atoms with Gasteiger partial charge in [-0.2, -0.15) is 5.10 Å². The fourth-order valence-electron chi connectivity index (χ4n) is 3.23. The molecular formula is C19H28N6O3. The molecule has 0 radical (unpaired) electrons. The Morgan fingerprint density at radius 2 is 2.04 bits per heavy atom. The van der Waals surface area contributed by atoms with Crippen LogP contribution in [-0.4, -0.2) is 71.4 Å². The number of fused-ring (bicyclic) bond motifs is 1. The summed E-state index contributed by atoms with van der Waals surface area (Å²) in [6.07, 6.45) is 5.35. The Bertz CT molecular complexity index is 842. The van der Waals surface area contributed by atoms with Gasteiger partial charge in [-0.15, -0.1) is 0 Å². The molecule has 2 amide bonds. The highest BCUT2D eigenvalue weighted by Gasteiger charge is 2.22. The van der Waals surface area contributed by atoms with Gasteiger partial charge >= 0.3 is 0 Å². The molecule has 9 nitrogen and oxygen atoms in total. The molecule has 3 rings (SSSR count). The molecule has 1 saturated heterocycles. The predicted octanol–water partition coefficient (Wildman–Crippen LogP) is 1.25. The zero-order valence-corrected chi connectivity index (χ0v) is 16.7. The third-order valence-corrected chi connectivity index (χ3v) is 4.90. The van der Waals surface area contributed by atoms with Crippen molar-refractivity contribution in [2.45, 2.75) is 38.8 Å². The summed E-state index contributed by atoms with van der Waals surface area (Å²) in [5.74, 6) is -0.279. The number of aryl methyl sites for hydroxylation is 1. The molecule has 1 fully saturated rings. The van der Waals surface area contributed by atoms with Crippen LogP contribution in [-0.2, 0) is 16.1 Å². The number of carbonyl (C=O) groups is 2. The van der Waals surface area contributed by atoms with Gasteiger partial charge in [0.1, 0.15) is 0 Å². The van der Waals surface area contributed by atoms with Crippen LogP contribution in [0.1, 0.15) is 36.5 Å². The number of nitrogens with zero attached hydrogens (tertiary/aromatic N) is 4. The van der Waals surface area contributed by atoms with Crippen LogP contribution in [0.15, 0.2) is 12.4 Å². The molecule has 2 aromatic rings. The largest absolute Gasteiger partial charge is 0.381 e. The first-order chi connectivity index (χ1) is 13.5. The van der Waals surface area contributed by atoms with Gasteiger partial charge in [0, 0.05) is 59.1 Å². The predicted molar refractivity (Wildman–Crippen MR) is 106 cm³/mol. The SMILES string of the molecule is CCn1ncc2c(NC3CCOCC3)c(C(=O)NCCC(=O)N(C)C)cnc21. The van der Waals surface area contributed by atoms with E-state index in [9.17, 15) is 9.59 Å². The second-order valence-corrected chi connectivity index (χ2v) is 7.07. The monoisotopic (exact) mass is 388 g/mol. The number of anilines is 1. The Kier molecular flexibility index (Phi) is 6.45. The van der Waals surface area contributed by atoms with Crippen LogP contribution >= 0.6 is 0 Å². The van der Waals surface area contributed by atoms with Gasteiger partial charge in [0.15, 0.2) is 5.65 Å². The Labute approximate surface area is 164 Å². The lowest BCUT2D eigenvalue weighted by Crippen LogP contribution is -2.32. The van der Waals surface area contributed by atoms with E-state index < -0.39 is 0 Å². The van der Waals surface area contributed by atoms with E-state index in [1.54, 1.807) is 26.5 Å². The summed E-state index contributed by atoms with van der Waals surface area (Å²) in [7, 11) is 3.40. The Balaban J connectivity index is 1.84. The topological polar surface area (TPSA) is 101 Å². The molecule has 0 spiro atoms. The Hall–Kier alpha value is -2.68. The molecule has 0 atom stereocenters. The number of pyridine rings is 1. The van der Waals surface area contributed by atoms with Crippen LogP contribution in [0.3, 0.4) is 0 Å². The minimum absolute atomic E-state index is 0.0290. The molecule has 2 aromatic heterocycles. The van der Waals surface area contributed by atoms with Gasteiger partial charge in [-0.1, -0.05) is 0 Å². The molecule has 0 aromatic carbocycles. The van der Waals surface area contributed by atoms with Crippen LogP contribution in [0.2, 0.25) is 0 Å². The third kappa shape index (κ3) is 4.41. The molecular weight excluding hydrogens is 360 g/mol. The minimum atomic E-state index is -0.250. The normalized spacial score (nSPS) is 14.8. The fourth-order valence-corrected chi connectivity index (χ4v) is 3.23. The van der Waals surface area contributed by atoms with Crippen molar-refractivity contribution in [1.82, 2.24) is 25.0 Å². The van der Waals surface area contributed by atoms with Gasteiger partial charge in [0.05, 0.1) is 22.8 Å². The molecule has 9 heteroatoms.